The van der Waals surface area contributed by atoms with E-state index in [0.29, 0.717) is 6.04 Å². The van der Waals surface area contributed by atoms with Crippen molar-refractivity contribution in [3.63, 3.8) is 0 Å². The fourth-order valence-corrected chi connectivity index (χ4v) is 4.67. The molecule has 2 bridgehead atoms. The van der Waals surface area contributed by atoms with Crippen molar-refractivity contribution in [2.45, 2.75) is 51.1 Å². The lowest BCUT2D eigenvalue weighted by Gasteiger charge is -2.32. The predicted octanol–water partition coefficient (Wildman–Crippen LogP) is 1.54. The average Bonchev–Trinajstić information content (AvgIpc) is 2.98. The van der Waals surface area contributed by atoms with Gasteiger partial charge in [0.2, 0.25) is 5.91 Å². The van der Waals surface area contributed by atoms with Crippen LogP contribution in [0.3, 0.4) is 0 Å². The van der Waals surface area contributed by atoms with Gasteiger partial charge in [0, 0.05) is 6.04 Å². The zero-order valence-electron chi connectivity index (χ0n) is 10.9. The zero-order valence-corrected chi connectivity index (χ0v) is 10.9. The van der Waals surface area contributed by atoms with E-state index in [1.54, 1.807) is 0 Å². The summed E-state index contributed by atoms with van der Waals surface area (Å²) in [6.07, 6.45) is 6.93. The third-order valence-corrected chi connectivity index (χ3v) is 5.58. The number of nitrogens with one attached hydrogen (secondary N) is 2. The van der Waals surface area contributed by atoms with Crippen LogP contribution in [0, 0.1) is 23.7 Å². The molecule has 0 aliphatic heterocycles. The summed E-state index contributed by atoms with van der Waals surface area (Å²) in [7, 11) is 1.85. The van der Waals surface area contributed by atoms with Crippen molar-refractivity contribution in [1.82, 2.24) is 10.6 Å². The SMILES string of the molecule is CNC(C)C(=O)NC1CC2CC1C1CCCC21. The smallest absolute Gasteiger partial charge is 0.237 e. The maximum atomic E-state index is 11.9. The van der Waals surface area contributed by atoms with E-state index in [-0.39, 0.29) is 11.9 Å². The second-order valence-corrected chi connectivity index (χ2v) is 6.28. The Kier molecular flexibility index (Phi) is 2.89. The van der Waals surface area contributed by atoms with Crippen molar-refractivity contribution in [3.8, 4) is 0 Å². The highest BCUT2D eigenvalue weighted by atomic mass is 16.2. The molecule has 3 rings (SSSR count). The van der Waals surface area contributed by atoms with Crippen molar-refractivity contribution in [2.75, 3.05) is 7.05 Å². The first-order valence-electron chi connectivity index (χ1n) is 7.18. The highest BCUT2D eigenvalue weighted by molar-refractivity contribution is 5.81. The Hall–Kier alpha value is -0.570. The molecule has 6 unspecified atom stereocenters. The van der Waals surface area contributed by atoms with Crippen LogP contribution < -0.4 is 10.6 Å². The number of hydrogen-bond donors (Lipinski definition) is 2. The first-order valence-corrected chi connectivity index (χ1v) is 7.18. The van der Waals surface area contributed by atoms with Crippen LogP contribution in [0.25, 0.3) is 0 Å². The minimum Gasteiger partial charge on any atom is -0.352 e. The molecule has 2 N–H and O–H groups in total. The molecule has 0 aromatic carbocycles. The van der Waals surface area contributed by atoms with E-state index < -0.39 is 0 Å². The monoisotopic (exact) mass is 236 g/mol. The van der Waals surface area contributed by atoms with Gasteiger partial charge in [-0.2, -0.15) is 0 Å². The van der Waals surface area contributed by atoms with E-state index in [1.165, 1.54) is 32.1 Å². The number of carbonyl (C=O) groups is 1. The molecule has 0 saturated heterocycles. The Balaban J connectivity index is 1.62. The lowest BCUT2D eigenvalue weighted by molar-refractivity contribution is -0.123. The molecule has 3 aliphatic rings. The molecule has 3 aliphatic carbocycles. The summed E-state index contributed by atoms with van der Waals surface area (Å²) in [6, 6.07) is 0.413. The number of hydrogen-bond acceptors (Lipinski definition) is 2. The fourth-order valence-electron chi connectivity index (χ4n) is 4.67. The number of likely N-dealkylation sites (N-methyl/N-ethyl adjacent to an activating group) is 1. The largest absolute Gasteiger partial charge is 0.352 e. The standard InChI is InChI=1S/C14H24N2O/c1-8(15-2)14(17)16-13-7-9-6-12(13)11-5-3-4-10(9)11/h8-13,15H,3-7H2,1-2H3,(H,16,17). The Morgan fingerprint density at radius 1 is 1.18 bits per heavy atom. The summed E-state index contributed by atoms with van der Waals surface area (Å²) < 4.78 is 0. The Bertz CT molecular complexity index is 317. The van der Waals surface area contributed by atoms with Gasteiger partial charge >= 0.3 is 0 Å². The summed E-state index contributed by atoms with van der Waals surface area (Å²) in [5.41, 5.74) is 0. The van der Waals surface area contributed by atoms with Gasteiger partial charge in [0.1, 0.15) is 0 Å². The third kappa shape index (κ3) is 1.79. The van der Waals surface area contributed by atoms with Gasteiger partial charge in [-0.15, -0.1) is 0 Å². The summed E-state index contributed by atoms with van der Waals surface area (Å²) in [4.78, 5) is 11.9. The van der Waals surface area contributed by atoms with Gasteiger partial charge in [-0.05, 0) is 63.3 Å². The van der Waals surface area contributed by atoms with Gasteiger partial charge in [0.25, 0.3) is 0 Å². The van der Waals surface area contributed by atoms with Crippen LogP contribution in [0.1, 0.15) is 39.0 Å². The molecule has 3 heteroatoms. The Labute approximate surface area is 104 Å². The van der Waals surface area contributed by atoms with Gasteiger partial charge in [-0.25, -0.2) is 0 Å². The van der Waals surface area contributed by atoms with Gasteiger partial charge in [0.15, 0.2) is 0 Å². The van der Waals surface area contributed by atoms with E-state index in [0.717, 1.165) is 23.7 Å². The molecule has 0 heterocycles. The van der Waals surface area contributed by atoms with Crippen molar-refractivity contribution in [3.05, 3.63) is 0 Å². The quantitative estimate of drug-likeness (QED) is 0.780. The fraction of sp³-hybridized carbons (Fsp3) is 0.929. The van der Waals surface area contributed by atoms with Gasteiger partial charge in [0.05, 0.1) is 6.04 Å². The van der Waals surface area contributed by atoms with Crippen LogP contribution in [0.4, 0.5) is 0 Å². The minimum absolute atomic E-state index is 0.0616. The molecule has 0 radical (unpaired) electrons. The van der Waals surface area contributed by atoms with Crippen LogP contribution in [-0.2, 0) is 4.79 Å². The number of fused-ring (bicyclic) bond motifs is 5. The van der Waals surface area contributed by atoms with Crippen molar-refractivity contribution < 1.29 is 4.79 Å². The molecular weight excluding hydrogens is 212 g/mol. The second kappa shape index (κ2) is 4.27. The van der Waals surface area contributed by atoms with Gasteiger partial charge in [-0.1, -0.05) is 6.42 Å². The molecule has 0 aromatic rings. The summed E-state index contributed by atoms with van der Waals surface area (Å²) in [5, 5.41) is 6.29. The van der Waals surface area contributed by atoms with E-state index in [2.05, 4.69) is 10.6 Å². The predicted molar refractivity (Wildman–Crippen MR) is 67.5 cm³/mol. The first-order chi connectivity index (χ1) is 8.20. The molecule has 1 amide bonds. The Morgan fingerprint density at radius 3 is 2.71 bits per heavy atom. The van der Waals surface area contributed by atoms with Crippen LogP contribution in [0.15, 0.2) is 0 Å². The van der Waals surface area contributed by atoms with Crippen LogP contribution >= 0.6 is 0 Å². The van der Waals surface area contributed by atoms with Crippen molar-refractivity contribution in [1.29, 1.82) is 0 Å². The van der Waals surface area contributed by atoms with Crippen molar-refractivity contribution in [2.24, 2.45) is 23.7 Å². The molecular formula is C14H24N2O. The maximum Gasteiger partial charge on any atom is 0.237 e. The maximum absolute atomic E-state index is 11.9. The lowest BCUT2D eigenvalue weighted by Crippen LogP contribution is -2.48. The summed E-state index contributed by atoms with van der Waals surface area (Å²) in [6.45, 7) is 1.93. The van der Waals surface area contributed by atoms with E-state index in [4.69, 9.17) is 0 Å². The molecule has 0 spiro atoms. The van der Waals surface area contributed by atoms with E-state index >= 15 is 0 Å². The minimum atomic E-state index is -0.0616. The highest BCUT2D eigenvalue weighted by Crippen LogP contribution is 2.58. The molecule has 3 fully saturated rings. The highest BCUT2D eigenvalue weighted by Gasteiger charge is 2.54. The molecule has 6 atom stereocenters. The lowest BCUT2D eigenvalue weighted by atomic mass is 9.79. The normalized spacial score (nSPS) is 44.7. The average molecular weight is 236 g/mol. The summed E-state index contributed by atoms with van der Waals surface area (Å²) >= 11 is 0. The van der Waals surface area contributed by atoms with E-state index in [9.17, 15) is 4.79 Å². The molecule has 0 aromatic heterocycles. The number of carbonyl (C=O) groups excluding carboxylic acids is 1. The topological polar surface area (TPSA) is 41.1 Å². The van der Waals surface area contributed by atoms with Crippen LogP contribution in [0.5, 0.6) is 0 Å². The number of rotatable bonds is 3. The van der Waals surface area contributed by atoms with Crippen molar-refractivity contribution >= 4 is 5.91 Å². The van der Waals surface area contributed by atoms with Gasteiger partial charge in [-0.3, -0.25) is 4.79 Å². The Morgan fingerprint density at radius 2 is 1.94 bits per heavy atom. The third-order valence-electron chi connectivity index (χ3n) is 5.58. The summed E-state index contributed by atoms with van der Waals surface area (Å²) in [5.74, 6) is 3.83. The van der Waals surface area contributed by atoms with Crippen LogP contribution in [0.2, 0.25) is 0 Å². The number of amides is 1. The van der Waals surface area contributed by atoms with Gasteiger partial charge < -0.3 is 10.6 Å². The molecule has 3 saturated carbocycles. The molecule has 3 nitrogen and oxygen atoms in total. The molecule has 96 valence electrons. The molecule has 17 heavy (non-hydrogen) atoms. The zero-order chi connectivity index (χ0) is 12.0. The van der Waals surface area contributed by atoms with E-state index in [1.807, 2.05) is 14.0 Å². The van der Waals surface area contributed by atoms with Crippen LogP contribution in [-0.4, -0.2) is 25.0 Å². The second-order valence-electron chi connectivity index (χ2n) is 6.28. The first kappa shape index (κ1) is 11.5.